The van der Waals surface area contributed by atoms with E-state index in [0.29, 0.717) is 18.9 Å². The van der Waals surface area contributed by atoms with Crippen molar-refractivity contribution >= 4 is 35.3 Å². The van der Waals surface area contributed by atoms with Gasteiger partial charge in [0.05, 0.1) is 6.54 Å². The molecule has 0 radical (unpaired) electrons. The number of hydrogen-bond donors (Lipinski definition) is 1. The SMILES string of the molecule is Cc1ccc(N(Cc2cccs2)C(=O)CCC2CCNC2)cc1.Cl. The molecule has 1 aromatic carbocycles. The molecule has 1 aromatic heterocycles. The molecular weight excluding hydrogens is 340 g/mol. The molecular formula is C19H25ClN2OS. The topological polar surface area (TPSA) is 32.3 Å². The lowest BCUT2D eigenvalue weighted by Crippen LogP contribution is -2.30. The van der Waals surface area contributed by atoms with E-state index >= 15 is 0 Å². The summed E-state index contributed by atoms with van der Waals surface area (Å²) < 4.78 is 0. The van der Waals surface area contributed by atoms with Crippen LogP contribution in [0.4, 0.5) is 5.69 Å². The number of nitrogens with one attached hydrogen (secondary N) is 1. The van der Waals surface area contributed by atoms with Crippen molar-refractivity contribution in [2.45, 2.75) is 32.7 Å². The Hall–Kier alpha value is -1.36. The first-order valence-corrected chi connectivity index (χ1v) is 9.20. The van der Waals surface area contributed by atoms with Crippen LogP contribution in [-0.2, 0) is 11.3 Å². The molecule has 0 aliphatic carbocycles. The lowest BCUT2D eigenvalue weighted by Gasteiger charge is -2.23. The van der Waals surface area contributed by atoms with Crippen LogP contribution in [0.3, 0.4) is 0 Å². The van der Waals surface area contributed by atoms with Crippen molar-refractivity contribution in [3.05, 3.63) is 52.2 Å². The van der Waals surface area contributed by atoms with Gasteiger partial charge >= 0.3 is 0 Å². The lowest BCUT2D eigenvalue weighted by molar-refractivity contribution is -0.119. The van der Waals surface area contributed by atoms with Gasteiger partial charge in [-0.1, -0.05) is 23.8 Å². The van der Waals surface area contributed by atoms with Gasteiger partial charge in [0.1, 0.15) is 0 Å². The fourth-order valence-electron chi connectivity index (χ4n) is 3.03. The van der Waals surface area contributed by atoms with Crippen molar-refractivity contribution in [2.24, 2.45) is 5.92 Å². The lowest BCUT2D eigenvalue weighted by atomic mass is 10.0. The van der Waals surface area contributed by atoms with E-state index in [1.54, 1.807) is 11.3 Å². The van der Waals surface area contributed by atoms with Crippen LogP contribution in [-0.4, -0.2) is 19.0 Å². The average Bonchev–Trinajstić information content (AvgIpc) is 3.25. The Morgan fingerprint density at radius 2 is 2.08 bits per heavy atom. The first-order valence-electron chi connectivity index (χ1n) is 8.32. The van der Waals surface area contributed by atoms with Gasteiger partial charge in [-0.25, -0.2) is 0 Å². The number of halogens is 1. The molecule has 0 spiro atoms. The van der Waals surface area contributed by atoms with E-state index in [1.807, 2.05) is 11.0 Å². The van der Waals surface area contributed by atoms with Crippen molar-refractivity contribution < 1.29 is 4.79 Å². The summed E-state index contributed by atoms with van der Waals surface area (Å²) in [7, 11) is 0. The molecule has 1 aliphatic rings. The van der Waals surface area contributed by atoms with Gasteiger partial charge in [-0.15, -0.1) is 23.7 Å². The Morgan fingerprint density at radius 1 is 1.29 bits per heavy atom. The monoisotopic (exact) mass is 364 g/mol. The average molecular weight is 365 g/mol. The minimum Gasteiger partial charge on any atom is -0.316 e. The quantitative estimate of drug-likeness (QED) is 0.823. The van der Waals surface area contributed by atoms with E-state index in [2.05, 4.69) is 48.0 Å². The first-order chi connectivity index (χ1) is 11.2. The first kappa shape index (κ1) is 19.0. The molecule has 2 aromatic rings. The Labute approximate surface area is 154 Å². The largest absolute Gasteiger partial charge is 0.316 e. The molecule has 2 heterocycles. The fourth-order valence-corrected chi connectivity index (χ4v) is 3.72. The molecule has 1 aliphatic heterocycles. The normalized spacial score (nSPS) is 16.6. The number of carbonyl (C=O) groups is 1. The van der Waals surface area contributed by atoms with Crippen LogP contribution in [0.2, 0.25) is 0 Å². The number of amides is 1. The number of aryl methyl sites for hydroxylation is 1. The maximum atomic E-state index is 12.8. The highest BCUT2D eigenvalue weighted by Crippen LogP contribution is 2.23. The third kappa shape index (κ3) is 5.07. The van der Waals surface area contributed by atoms with Crippen molar-refractivity contribution in [2.75, 3.05) is 18.0 Å². The minimum absolute atomic E-state index is 0. The Bertz CT molecular complexity index is 621. The molecule has 1 N–H and O–H groups in total. The predicted molar refractivity (Wildman–Crippen MR) is 104 cm³/mol. The van der Waals surface area contributed by atoms with Crippen LogP contribution in [0.25, 0.3) is 0 Å². The maximum absolute atomic E-state index is 12.8. The molecule has 5 heteroatoms. The summed E-state index contributed by atoms with van der Waals surface area (Å²) in [6.45, 7) is 4.89. The summed E-state index contributed by atoms with van der Waals surface area (Å²) in [5.41, 5.74) is 2.22. The number of benzene rings is 1. The number of hydrogen-bond acceptors (Lipinski definition) is 3. The highest BCUT2D eigenvalue weighted by atomic mass is 35.5. The van der Waals surface area contributed by atoms with E-state index in [9.17, 15) is 4.79 Å². The van der Waals surface area contributed by atoms with Gasteiger partial charge in [-0.2, -0.15) is 0 Å². The molecule has 24 heavy (non-hydrogen) atoms. The zero-order valence-electron chi connectivity index (χ0n) is 14.0. The van der Waals surface area contributed by atoms with Gasteiger partial charge in [-0.05, 0) is 62.4 Å². The van der Waals surface area contributed by atoms with Gasteiger partial charge < -0.3 is 10.2 Å². The second kappa shape index (κ2) is 9.21. The summed E-state index contributed by atoms with van der Waals surface area (Å²) in [6.07, 6.45) is 2.81. The molecule has 130 valence electrons. The maximum Gasteiger partial charge on any atom is 0.227 e. The molecule has 1 saturated heterocycles. The van der Waals surface area contributed by atoms with Crippen LogP contribution < -0.4 is 10.2 Å². The van der Waals surface area contributed by atoms with Crippen molar-refractivity contribution in [3.63, 3.8) is 0 Å². The van der Waals surface area contributed by atoms with E-state index < -0.39 is 0 Å². The van der Waals surface area contributed by atoms with E-state index in [1.165, 1.54) is 16.9 Å². The highest BCUT2D eigenvalue weighted by molar-refractivity contribution is 7.09. The second-order valence-electron chi connectivity index (χ2n) is 6.29. The fraction of sp³-hybridized carbons (Fsp3) is 0.421. The molecule has 0 saturated carbocycles. The Balaban J connectivity index is 0.00000208. The molecule has 1 amide bonds. The van der Waals surface area contributed by atoms with Gasteiger partial charge in [0, 0.05) is 17.0 Å². The van der Waals surface area contributed by atoms with Crippen LogP contribution >= 0.6 is 23.7 Å². The number of carbonyl (C=O) groups excluding carboxylic acids is 1. The van der Waals surface area contributed by atoms with Crippen LogP contribution in [0.15, 0.2) is 41.8 Å². The van der Waals surface area contributed by atoms with Gasteiger partial charge in [-0.3, -0.25) is 4.79 Å². The third-order valence-electron chi connectivity index (χ3n) is 4.47. The van der Waals surface area contributed by atoms with Gasteiger partial charge in [0.2, 0.25) is 5.91 Å². The van der Waals surface area contributed by atoms with Crippen molar-refractivity contribution in [1.82, 2.24) is 5.32 Å². The van der Waals surface area contributed by atoms with E-state index in [-0.39, 0.29) is 18.3 Å². The van der Waals surface area contributed by atoms with Gasteiger partial charge in [0.15, 0.2) is 0 Å². The number of thiophene rings is 1. The number of anilines is 1. The van der Waals surface area contributed by atoms with Crippen molar-refractivity contribution in [3.8, 4) is 0 Å². The third-order valence-corrected chi connectivity index (χ3v) is 5.33. The smallest absolute Gasteiger partial charge is 0.227 e. The summed E-state index contributed by atoms with van der Waals surface area (Å²) in [5, 5.41) is 5.44. The predicted octanol–water partition coefficient (Wildman–Crippen LogP) is 4.40. The standard InChI is InChI=1S/C19H24N2OS.ClH/c1-15-4-7-17(8-5-15)21(14-18-3-2-12-23-18)19(22)9-6-16-10-11-20-13-16;/h2-5,7-8,12,16,20H,6,9-11,13-14H2,1H3;1H. The number of rotatable bonds is 6. The summed E-state index contributed by atoms with van der Waals surface area (Å²) in [4.78, 5) is 16.0. The van der Waals surface area contributed by atoms with Gasteiger partial charge in [0.25, 0.3) is 0 Å². The molecule has 3 rings (SSSR count). The van der Waals surface area contributed by atoms with Crippen LogP contribution in [0.5, 0.6) is 0 Å². The second-order valence-corrected chi connectivity index (χ2v) is 7.32. The molecule has 3 nitrogen and oxygen atoms in total. The summed E-state index contributed by atoms with van der Waals surface area (Å²) in [5.74, 6) is 0.884. The highest BCUT2D eigenvalue weighted by Gasteiger charge is 2.20. The minimum atomic E-state index is 0. The summed E-state index contributed by atoms with van der Waals surface area (Å²) >= 11 is 1.71. The van der Waals surface area contributed by atoms with E-state index in [4.69, 9.17) is 0 Å². The molecule has 1 unspecified atom stereocenters. The molecule has 1 fully saturated rings. The molecule has 0 bridgehead atoms. The summed E-state index contributed by atoms with van der Waals surface area (Å²) in [6, 6.07) is 12.4. The van der Waals surface area contributed by atoms with Crippen LogP contribution in [0.1, 0.15) is 29.7 Å². The van der Waals surface area contributed by atoms with Crippen LogP contribution in [0, 0.1) is 12.8 Å². The van der Waals surface area contributed by atoms with E-state index in [0.717, 1.165) is 25.2 Å². The zero-order valence-corrected chi connectivity index (χ0v) is 15.7. The zero-order chi connectivity index (χ0) is 16.1. The molecule has 1 atom stereocenters. The Kier molecular flexibility index (Phi) is 7.28. The Morgan fingerprint density at radius 3 is 2.71 bits per heavy atom. The van der Waals surface area contributed by atoms with Crippen molar-refractivity contribution in [1.29, 1.82) is 0 Å². The number of nitrogens with zero attached hydrogens (tertiary/aromatic N) is 1.